The number of esters is 1. The van der Waals surface area contributed by atoms with Crippen molar-refractivity contribution in [3.05, 3.63) is 23.3 Å². The van der Waals surface area contributed by atoms with Gasteiger partial charge < -0.3 is 19.1 Å². The quantitative estimate of drug-likeness (QED) is 0.696. The van der Waals surface area contributed by atoms with Gasteiger partial charge in [0.2, 0.25) is 0 Å². The normalized spacial score (nSPS) is 41.0. The number of piperidine rings is 1. The fourth-order valence-electron chi connectivity index (χ4n) is 5.98. The van der Waals surface area contributed by atoms with Crippen molar-refractivity contribution in [2.24, 2.45) is 17.3 Å². The van der Waals surface area contributed by atoms with E-state index in [1.807, 2.05) is 0 Å². The molecule has 0 unspecified atom stereocenters. The van der Waals surface area contributed by atoms with Crippen LogP contribution < -0.4 is 0 Å². The molecule has 3 aliphatic heterocycles. The lowest BCUT2D eigenvalue weighted by Crippen LogP contribution is -2.47. The van der Waals surface area contributed by atoms with Gasteiger partial charge in [0, 0.05) is 38.4 Å². The Morgan fingerprint density at radius 1 is 1.19 bits per heavy atom. The molecule has 2 aliphatic carbocycles. The SMILES string of the molecule is CC1=CCC[C@]2(C)C[C@H]3OC(=O)[C@H](CN4CCC5(CC4)OCCO5)[C@H]3C=C12. The number of likely N-dealkylation sites (tertiary alicyclic amines) is 1. The van der Waals surface area contributed by atoms with Crippen LogP contribution in [0.4, 0.5) is 0 Å². The van der Waals surface area contributed by atoms with Crippen molar-refractivity contribution < 1.29 is 19.0 Å². The number of hydrogen-bond donors (Lipinski definition) is 0. The molecular weight excluding hydrogens is 342 g/mol. The molecule has 4 atom stereocenters. The van der Waals surface area contributed by atoms with Crippen molar-refractivity contribution in [3.63, 3.8) is 0 Å². The molecule has 0 amide bonds. The zero-order valence-electron chi connectivity index (χ0n) is 16.5. The number of hydrogen-bond acceptors (Lipinski definition) is 5. The molecule has 5 heteroatoms. The number of nitrogens with zero attached hydrogens (tertiary/aromatic N) is 1. The lowest BCUT2D eigenvalue weighted by Gasteiger charge is -2.43. The third-order valence-corrected chi connectivity index (χ3v) is 7.58. The summed E-state index contributed by atoms with van der Waals surface area (Å²) in [4.78, 5) is 15.1. The Kier molecular flexibility index (Phi) is 4.26. The van der Waals surface area contributed by atoms with E-state index in [0.717, 1.165) is 51.7 Å². The van der Waals surface area contributed by atoms with Crippen LogP contribution in [0.1, 0.15) is 46.0 Å². The topological polar surface area (TPSA) is 48.0 Å². The maximum Gasteiger partial charge on any atom is 0.311 e. The molecule has 5 rings (SSSR count). The summed E-state index contributed by atoms with van der Waals surface area (Å²) >= 11 is 0. The van der Waals surface area contributed by atoms with Gasteiger partial charge in [0.1, 0.15) is 6.10 Å². The van der Waals surface area contributed by atoms with Crippen LogP contribution in [-0.4, -0.2) is 55.6 Å². The minimum Gasteiger partial charge on any atom is -0.461 e. The molecular formula is C22H31NO4. The summed E-state index contributed by atoms with van der Waals surface area (Å²) in [5.74, 6) is -0.175. The van der Waals surface area contributed by atoms with Crippen LogP contribution in [0.5, 0.6) is 0 Å². The van der Waals surface area contributed by atoms with Crippen molar-refractivity contribution in [3.8, 4) is 0 Å². The van der Waals surface area contributed by atoms with Crippen LogP contribution in [0.25, 0.3) is 0 Å². The Bertz CT molecular complexity index is 682. The van der Waals surface area contributed by atoms with Crippen molar-refractivity contribution in [2.75, 3.05) is 32.8 Å². The van der Waals surface area contributed by atoms with Gasteiger partial charge in [0.25, 0.3) is 0 Å². The van der Waals surface area contributed by atoms with Crippen LogP contribution >= 0.6 is 0 Å². The number of fused-ring (bicyclic) bond motifs is 2. The molecule has 3 saturated heterocycles. The highest BCUT2D eigenvalue weighted by Crippen LogP contribution is 2.52. The Balaban J connectivity index is 1.31. The zero-order chi connectivity index (χ0) is 18.6. The molecule has 3 heterocycles. The Morgan fingerprint density at radius 2 is 1.93 bits per heavy atom. The predicted molar refractivity (Wildman–Crippen MR) is 101 cm³/mol. The van der Waals surface area contributed by atoms with Gasteiger partial charge in [0.15, 0.2) is 5.79 Å². The van der Waals surface area contributed by atoms with Gasteiger partial charge in [-0.25, -0.2) is 0 Å². The lowest BCUT2D eigenvalue weighted by atomic mass is 9.62. The molecule has 0 bridgehead atoms. The second-order valence-corrected chi connectivity index (χ2v) is 9.34. The van der Waals surface area contributed by atoms with Crippen molar-refractivity contribution in [1.82, 2.24) is 4.90 Å². The van der Waals surface area contributed by atoms with E-state index in [-0.39, 0.29) is 35.1 Å². The monoisotopic (exact) mass is 373 g/mol. The molecule has 1 spiro atoms. The first-order valence-electron chi connectivity index (χ1n) is 10.6. The molecule has 0 aromatic rings. The van der Waals surface area contributed by atoms with E-state index in [4.69, 9.17) is 14.2 Å². The van der Waals surface area contributed by atoms with Gasteiger partial charge in [-0.05, 0) is 37.2 Å². The second-order valence-electron chi connectivity index (χ2n) is 9.34. The number of allylic oxidation sites excluding steroid dienone is 3. The maximum absolute atomic E-state index is 12.7. The molecule has 0 saturated carbocycles. The summed E-state index contributed by atoms with van der Waals surface area (Å²) in [5.41, 5.74) is 3.03. The molecule has 0 aromatic carbocycles. The van der Waals surface area contributed by atoms with Crippen LogP contribution in [0.15, 0.2) is 23.3 Å². The van der Waals surface area contributed by atoms with Gasteiger partial charge >= 0.3 is 5.97 Å². The first-order valence-corrected chi connectivity index (χ1v) is 10.6. The highest BCUT2D eigenvalue weighted by atomic mass is 16.7. The molecule has 5 nitrogen and oxygen atoms in total. The van der Waals surface area contributed by atoms with Gasteiger partial charge in [-0.15, -0.1) is 0 Å². The summed E-state index contributed by atoms with van der Waals surface area (Å²) in [6.45, 7) is 8.62. The van der Waals surface area contributed by atoms with Crippen LogP contribution in [-0.2, 0) is 19.0 Å². The summed E-state index contributed by atoms with van der Waals surface area (Å²) in [5, 5.41) is 0. The van der Waals surface area contributed by atoms with Gasteiger partial charge in [-0.1, -0.05) is 24.6 Å². The molecule has 148 valence electrons. The summed E-state index contributed by atoms with van der Waals surface area (Å²) in [6, 6.07) is 0. The predicted octanol–water partition coefficient (Wildman–Crippen LogP) is 3.06. The van der Waals surface area contributed by atoms with Crippen molar-refractivity contribution >= 4 is 5.97 Å². The maximum atomic E-state index is 12.7. The van der Waals surface area contributed by atoms with Gasteiger partial charge in [0.05, 0.1) is 19.1 Å². The fraction of sp³-hybridized carbons (Fsp3) is 0.773. The molecule has 3 fully saturated rings. The number of rotatable bonds is 2. The fourth-order valence-corrected chi connectivity index (χ4v) is 5.98. The molecule has 0 N–H and O–H groups in total. The molecule has 0 radical (unpaired) electrons. The largest absolute Gasteiger partial charge is 0.461 e. The van der Waals surface area contributed by atoms with Crippen molar-refractivity contribution in [2.45, 2.75) is 57.8 Å². The summed E-state index contributed by atoms with van der Waals surface area (Å²) < 4.78 is 17.5. The highest BCUT2D eigenvalue weighted by molar-refractivity contribution is 5.76. The van der Waals surface area contributed by atoms with E-state index >= 15 is 0 Å². The first-order chi connectivity index (χ1) is 13.0. The third kappa shape index (κ3) is 2.99. The standard InChI is InChI=1S/C22H31NO4/c1-15-4-3-5-21(2)13-19-16(12-18(15)21)17(20(24)27-19)14-23-8-6-22(7-9-23)25-10-11-26-22/h4,12,16-17,19H,3,5-11,13-14H2,1-2H3/t16-,17-,19-,21-/m1/s1. The number of carbonyl (C=O) groups is 1. The number of carbonyl (C=O) groups excluding carboxylic acids is 1. The summed E-state index contributed by atoms with van der Waals surface area (Å²) in [7, 11) is 0. The average molecular weight is 373 g/mol. The minimum atomic E-state index is -0.353. The first kappa shape index (κ1) is 17.9. The van der Waals surface area contributed by atoms with E-state index in [1.54, 1.807) is 0 Å². The summed E-state index contributed by atoms with van der Waals surface area (Å²) in [6.07, 6.45) is 9.86. The van der Waals surface area contributed by atoms with E-state index in [1.165, 1.54) is 11.1 Å². The minimum absolute atomic E-state index is 0.000572. The van der Waals surface area contributed by atoms with E-state index in [9.17, 15) is 4.79 Å². The van der Waals surface area contributed by atoms with Gasteiger partial charge in [-0.2, -0.15) is 0 Å². The lowest BCUT2D eigenvalue weighted by molar-refractivity contribution is -0.186. The van der Waals surface area contributed by atoms with E-state index < -0.39 is 0 Å². The van der Waals surface area contributed by atoms with Crippen LogP contribution in [0, 0.1) is 17.3 Å². The van der Waals surface area contributed by atoms with E-state index in [2.05, 4.69) is 30.9 Å². The molecule has 5 aliphatic rings. The molecule has 27 heavy (non-hydrogen) atoms. The Hall–Kier alpha value is -1.17. The smallest absolute Gasteiger partial charge is 0.311 e. The number of ether oxygens (including phenoxy) is 3. The zero-order valence-corrected chi connectivity index (χ0v) is 16.5. The second kappa shape index (κ2) is 6.43. The Labute approximate surface area is 161 Å². The van der Waals surface area contributed by atoms with E-state index in [0.29, 0.717) is 13.2 Å². The average Bonchev–Trinajstić information content (AvgIpc) is 3.20. The van der Waals surface area contributed by atoms with Crippen molar-refractivity contribution in [1.29, 1.82) is 0 Å². The molecule has 0 aromatic heterocycles. The van der Waals surface area contributed by atoms with Gasteiger partial charge in [-0.3, -0.25) is 4.79 Å². The van der Waals surface area contributed by atoms with Crippen LogP contribution in [0.2, 0.25) is 0 Å². The highest BCUT2D eigenvalue weighted by Gasteiger charge is 2.51. The van der Waals surface area contributed by atoms with Crippen LogP contribution in [0.3, 0.4) is 0 Å². The Morgan fingerprint density at radius 3 is 2.67 bits per heavy atom. The third-order valence-electron chi connectivity index (χ3n) is 7.58.